The molecule has 130 valence electrons. The molecule has 3 heterocycles. The number of carbonyl (C=O) groups excluding carboxylic acids is 1. The smallest absolute Gasteiger partial charge is 0.227 e. The highest BCUT2D eigenvalue weighted by atomic mass is 35.5. The van der Waals surface area contributed by atoms with Crippen LogP contribution in [0.2, 0.25) is 5.02 Å². The maximum atomic E-state index is 12.9. The maximum absolute atomic E-state index is 12.9. The van der Waals surface area contributed by atoms with Gasteiger partial charge in [-0.1, -0.05) is 29.8 Å². The molecule has 0 saturated carbocycles. The Kier molecular flexibility index (Phi) is 3.54. The van der Waals surface area contributed by atoms with Gasteiger partial charge in [0.15, 0.2) is 0 Å². The summed E-state index contributed by atoms with van der Waals surface area (Å²) < 4.78 is 0. The normalized spacial score (nSPS) is 14.1. The molecular formula is C21H18ClN3O. The number of aromatic nitrogens is 2. The fourth-order valence-electron chi connectivity index (χ4n) is 3.95. The summed E-state index contributed by atoms with van der Waals surface area (Å²) >= 11 is 6.17. The third-order valence-corrected chi connectivity index (χ3v) is 5.54. The van der Waals surface area contributed by atoms with Crippen LogP contribution in [0.25, 0.3) is 21.8 Å². The van der Waals surface area contributed by atoms with Gasteiger partial charge in [-0.3, -0.25) is 4.79 Å². The third-order valence-electron chi connectivity index (χ3n) is 5.31. The topological polar surface area (TPSA) is 51.9 Å². The molecule has 5 rings (SSSR count). The van der Waals surface area contributed by atoms with E-state index in [2.05, 4.69) is 16.0 Å². The highest BCUT2D eigenvalue weighted by Crippen LogP contribution is 2.30. The van der Waals surface area contributed by atoms with Crippen molar-refractivity contribution in [3.05, 3.63) is 70.5 Å². The average Bonchev–Trinajstić information content (AvgIpc) is 3.22. The van der Waals surface area contributed by atoms with Crippen molar-refractivity contribution >= 4 is 39.3 Å². The predicted molar refractivity (Wildman–Crippen MR) is 104 cm³/mol. The first kappa shape index (κ1) is 15.5. The molecule has 0 unspecified atom stereocenters. The van der Waals surface area contributed by atoms with E-state index in [1.807, 2.05) is 47.5 Å². The lowest BCUT2D eigenvalue weighted by molar-refractivity contribution is -0.131. The fraction of sp³-hybridized carbons (Fsp3) is 0.190. The zero-order valence-corrected chi connectivity index (χ0v) is 14.9. The van der Waals surface area contributed by atoms with Crippen LogP contribution in [-0.4, -0.2) is 27.3 Å². The van der Waals surface area contributed by atoms with Crippen LogP contribution in [0.5, 0.6) is 0 Å². The minimum atomic E-state index is 0.164. The Morgan fingerprint density at radius 2 is 2.00 bits per heavy atom. The molecule has 4 nitrogen and oxygen atoms in total. The van der Waals surface area contributed by atoms with Gasteiger partial charge in [-0.05, 0) is 29.8 Å². The summed E-state index contributed by atoms with van der Waals surface area (Å²) in [6, 6.07) is 14.0. The van der Waals surface area contributed by atoms with Gasteiger partial charge in [-0.2, -0.15) is 0 Å². The van der Waals surface area contributed by atoms with Crippen LogP contribution < -0.4 is 0 Å². The standard InChI is InChI=1S/C21H18ClN3O/c22-14-5-6-19-16(10-14)17-12-25(8-7-20(17)24-19)21(26)9-13-11-23-18-4-2-1-3-15(13)18/h1-6,10-11,23-24H,7-9,12H2. The number of hydrogen-bond acceptors (Lipinski definition) is 1. The Bertz CT molecular complexity index is 1140. The summed E-state index contributed by atoms with van der Waals surface area (Å²) in [5, 5.41) is 2.97. The number of aromatic amines is 2. The summed E-state index contributed by atoms with van der Waals surface area (Å²) in [5.41, 5.74) is 5.63. The highest BCUT2D eigenvalue weighted by Gasteiger charge is 2.24. The molecule has 0 bridgehead atoms. The lowest BCUT2D eigenvalue weighted by Gasteiger charge is -2.27. The first-order valence-corrected chi connectivity index (χ1v) is 9.18. The van der Waals surface area contributed by atoms with E-state index in [-0.39, 0.29) is 5.91 Å². The second-order valence-corrected chi connectivity index (χ2v) is 7.31. The average molecular weight is 364 g/mol. The van der Waals surface area contributed by atoms with E-state index in [1.165, 1.54) is 11.3 Å². The van der Waals surface area contributed by atoms with Crippen LogP contribution >= 0.6 is 11.6 Å². The second-order valence-electron chi connectivity index (χ2n) is 6.87. The molecule has 0 saturated heterocycles. The minimum absolute atomic E-state index is 0.164. The number of carbonyl (C=O) groups is 1. The van der Waals surface area contributed by atoms with Gasteiger partial charge in [0.05, 0.1) is 6.42 Å². The van der Waals surface area contributed by atoms with E-state index in [0.29, 0.717) is 13.0 Å². The van der Waals surface area contributed by atoms with E-state index in [4.69, 9.17) is 11.6 Å². The lowest BCUT2D eigenvalue weighted by atomic mass is 10.0. The van der Waals surface area contributed by atoms with Gasteiger partial charge in [0, 0.05) is 63.8 Å². The number of nitrogens with one attached hydrogen (secondary N) is 2. The number of nitrogens with zero attached hydrogens (tertiary/aromatic N) is 1. The van der Waals surface area contributed by atoms with Crippen LogP contribution in [0.1, 0.15) is 16.8 Å². The molecule has 1 aliphatic rings. The quantitative estimate of drug-likeness (QED) is 0.544. The highest BCUT2D eigenvalue weighted by molar-refractivity contribution is 6.31. The van der Waals surface area contributed by atoms with Gasteiger partial charge in [-0.15, -0.1) is 0 Å². The molecule has 5 heteroatoms. The SMILES string of the molecule is O=C(Cc1c[nH]c2ccccc12)N1CCc2[nH]c3ccc(Cl)cc3c2C1. The number of amides is 1. The minimum Gasteiger partial charge on any atom is -0.361 e. The number of hydrogen-bond donors (Lipinski definition) is 2. The molecule has 2 N–H and O–H groups in total. The molecule has 4 aromatic rings. The number of fused-ring (bicyclic) bond motifs is 4. The summed E-state index contributed by atoms with van der Waals surface area (Å²) in [6.45, 7) is 1.38. The molecule has 0 fully saturated rings. The number of benzene rings is 2. The van der Waals surface area contributed by atoms with Gasteiger partial charge < -0.3 is 14.9 Å². The van der Waals surface area contributed by atoms with Crippen molar-refractivity contribution in [2.75, 3.05) is 6.54 Å². The van der Waals surface area contributed by atoms with E-state index >= 15 is 0 Å². The Balaban J connectivity index is 1.42. The van der Waals surface area contributed by atoms with Crippen molar-refractivity contribution in [3.8, 4) is 0 Å². The molecule has 0 spiro atoms. The van der Waals surface area contributed by atoms with E-state index in [9.17, 15) is 4.79 Å². The molecule has 1 aliphatic heterocycles. The third kappa shape index (κ3) is 2.49. The summed E-state index contributed by atoms with van der Waals surface area (Å²) in [4.78, 5) is 21.6. The number of H-pyrrole nitrogens is 2. The van der Waals surface area contributed by atoms with E-state index in [1.54, 1.807) is 0 Å². The van der Waals surface area contributed by atoms with Gasteiger partial charge in [0.25, 0.3) is 0 Å². The molecule has 26 heavy (non-hydrogen) atoms. The Hall–Kier alpha value is -2.72. The van der Waals surface area contributed by atoms with Gasteiger partial charge in [0.2, 0.25) is 5.91 Å². The maximum Gasteiger partial charge on any atom is 0.227 e. The van der Waals surface area contributed by atoms with Crippen LogP contribution in [-0.2, 0) is 24.2 Å². The first-order chi connectivity index (χ1) is 12.7. The Labute approximate surface area is 155 Å². The van der Waals surface area contributed by atoms with Crippen molar-refractivity contribution < 1.29 is 4.79 Å². The van der Waals surface area contributed by atoms with Crippen LogP contribution in [0, 0.1) is 0 Å². The van der Waals surface area contributed by atoms with Crippen molar-refractivity contribution in [2.24, 2.45) is 0 Å². The molecule has 0 radical (unpaired) electrons. The number of para-hydroxylation sites is 1. The number of rotatable bonds is 2. The molecule has 0 aliphatic carbocycles. The zero-order chi connectivity index (χ0) is 17.7. The predicted octanol–water partition coefficient (Wildman–Crippen LogP) is 4.43. The Morgan fingerprint density at radius 3 is 2.92 bits per heavy atom. The first-order valence-electron chi connectivity index (χ1n) is 8.81. The van der Waals surface area contributed by atoms with Crippen molar-refractivity contribution in [1.29, 1.82) is 0 Å². The molecule has 2 aromatic carbocycles. The van der Waals surface area contributed by atoms with Gasteiger partial charge >= 0.3 is 0 Å². The van der Waals surface area contributed by atoms with Crippen LogP contribution in [0.4, 0.5) is 0 Å². The summed E-state index contributed by atoms with van der Waals surface area (Å²) in [6.07, 6.45) is 3.22. The molecule has 0 atom stereocenters. The van der Waals surface area contributed by atoms with Crippen LogP contribution in [0.3, 0.4) is 0 Å². The van der Waals surface area contributed by atoms with Crippen molar-refractivity contribution in [3.63, 3.8) is 0 Å². The fourth-order valence-corrected chi connectivity index (χ4v) is 4.12. The molecular weight excluding hydrogens is 346 g/mol. The summed E-state index contributed by atoms with van der Waals surface area (Å²) in [5.74, 6) is 0.164. The van der Waals surface area contributed by atoms with Crippen molar-refractivity contribution in [1.82, 2.24) is 14.9 Å². The lowest BCUT2D eigenvalue weighted by Crippen LogP contribution is -2.36. The van der Waals surface area contributed by atoms with E-state index in [0.717, 1.165) is 45.4 Å². The molecule has 2 aromatic heterocycles. The zero-order valence-electron chi connectivity index (χ0n) is 14.2. The number of halogens is 1. The second kappa shape index (κ2) is 5.92. The van der Waals surface area contributed by atoms with Gasteiger partial charge in [0.1, 0.15) is 0 Å². The summed E-state index contributed by atoms with van der Waals surface area (Å²) in [7, 11) is 0. The van der Waals surface area contributed by atoms with Crippen LogP contribution in [0.15, 0.2) is 48.7 Å². The van der Waals surface area contributed by atoms with E-state index < -0.39 is 0 Å². The Morgan fingerprint density at radius 1 is 1.12 bits per heavy atom. The molecule has 1 amide bonds. The van der Waals surface area contributed by atoms with Crippen molar-refractivity contribution in [2.45, 2.75) is 19.4 Å². The van der Waals surface area contributed by atoms with Gasteiger partial charge in [-0.25, -0.2) is 0 Å². The monoisotopic (exact) mass is 363 g/mol. The largest absolute Gasteiger partial charge is 0.361 e.